The smallest absolute Gasteiger partial charge is 0.331 e. The van der Waals surface area contributed by atoms with Gasteiger partial charge in [-0.25, -0.2) is 4.79 Å². The van der Waals surface area contributed by atoms with E-state index in [9.17, 15) is 45.6 Å². The van der Waals surface area contributed by atoms with Gasteiger partial charge in [0.1, 0.15) is 66.1 Å². The highest BCUT2D eigenvalue weighted by Gasteiger charge is 2.47. The number of benzene rings is 2. The third kappa shape index (κ3) is 6.62. The molecule has 0 aromatic heterocycles. The second-order valence-electron chi connectivity index (χ2n) is 10.7. The van der Waals surface area contributed by atoms with Crippen LogP contribution >= 0.6 is 0 Å². The van der Waals surface area contributed by atoms with E-state index >= 15 is 0 Å². The zero-order valence-corrected chi connectivity index (χ0v) is 22.9. The number of rotatable bonds is 8. The van der Waals surface area contributed by atoms with Crippen LogP contribution in [0.4, 0.5) is 0 Å². The fourth-order valence-corrected chi connectivity index (χ4v) is 5.17. The number of ether oxygens (including phenoxy) is 5. The molecule has 0 spiro atoms. The predicted molar refractivity (Wildman–Crippen MR) is 143 cm³/mol. The minimum absolute atomic E-state index is 0.0375. The number of carbonyl (C=O) groups excluding carboxylic acids is 1. The van der Waals surface area contributed by atoms with Gasteiger partial charge in [0, 0.05) is 29.7 Å². The highest BCUT2D eigenvalue weighted by atomic mass is 16.7. The molecule has 11 atom stereocenters. The van der Waals surface area contributed by atoms with Crippen LogP contribution in [0.5, 0.6) is 17.2 Å². The van der Waals surface area contributed by atoms with Gasteiger partial charge in [0.25, 0.3) is 0 Å². The van der Waals surface area contributed by atoms with E-state index in [1.807, 2.05) is 0 Å². The second kappa shape index (κ2) is 12.7. The SMILES string of the molecule is C[C@@H]1O[C@@H](OC[C@H]2O[C@@H](Oc3cc(O)ccc3C3=CC(=O)OC3Cc3ccc(O)cc3)[C@H](O)[C@@H](O)[C@@H]2O)[C@H](O)[C@H](O)[C@H]1O. The highest BCUT2D eigenvalue weighted by Crippen LogP contribution is 2.38. The minimum Gasteiger partial charge on any atom is -0.508 e. The molecule has 1 unspecified atom stereocenters. The Morgan fingerprint density at radius 1 is 0.767 bits per heavy atom. The molecule has 0 saturated carbocycles. The van der Waals surface area contributed by atoms with Crippen LogP contribution in [0.3, 0.4) is 0 Å². The van der Waals surface area contributed by atoms with Gasteiger partial charge in [-0.3, -0.25) is 0 Å². The molecule has 2 aromatic carbocycles. The number of aliphatic hydroxyl groups is 6. The summed E-state index contributed by atoms with van der Waals surface area (Å²) in [5, 5.41) is 81.7. The topological polar surface area (TPSA) is 225 Å². The summed E-state index contributed by atoms with van der Waals surface area (Å²) in [5.74, 6) is -0.789. The average Bonchev–Trinajstić information content (AvgIpc) is 3.34. The average molecular weight is 607 g/mol. The maximum atomic E-state index is 12.3. The molecule has 234 valence electrons. The van der Waals surface area contributed by atoms with Gasteiger partial charge < -0.3 is 64.5 Å². The first-order valence-electron chi connectivity index (χ1n) is 13.6. The molecule has 3 aliphatic heterocycles. The van der Waals surface area contributed by atoms with Crippen LogP contribution in [0.25, 0.3) is 5.57 Å². The van der Waals surface area contributed by atoms with Crippen LogP contribution < -0.4 is 4.74 Å². The molecular weight excluding hydrogens is 572 g/mol. The molecule has 2 aromatic rings. The highest BCUT2D eigenvalue weighted by molar-refractivity contribution is 5.98. The van der Waals surface area contributed by atoms with E-state index in [0.29, 0.717) is 11.1 Å². The molecule has 0 bridgehead atoms. The monoisotopic (exact) mass is 606 g/mol. The number of phenolic OH excluding ortho intramolecular Hbond substituents is 2. The lowest BCUT2D eigenvalue weighted by atomic mass is 9.95. The fourth-order valence-electron chi connectivity index (χ4n) is 5.17. The standard InChI is InChI=1S/C29H34O14/c1-12-22(33)24(35)26(37)28(40-12)39-11-20-23(34)25(36)27(38)29(43-20)42-19-9-15(31)6-7-16(19)17-10-21(32)41-18(17)8-13-2-4-14(30)5-3-13/h2-7,9-10,12,18,20,22-31,33-38H,8,11H2,1H3/t12-,18?,20+,22-,23+,24+,25-,26+,27+,28+,29+/m0/s1. The maximum Gasteiger partial charge on any atom is 0.331 e. The molecule has 14 heteroatoms. The number of aromatic hydroxyl groups is 2. The summed E-state index contributed by atoms with van der Waals surface area (Å²) in [7, 11) is 0. The van der Waals surface area contributed by atoms with E-state index in [0.717, 1.165) is 5.56 Å². The summed E-state index contributed by atoms with van der Waals surface area (Å²) >= 11 is 0. The normalized spacial score (nSPS) is 36.2. The van der Waals surface area contributed by atoms with Gasteiger partial charge in [-0.15, -0.1) is 0 Å². The summed E-state index contributed by atoms with van der Waals surface area (Å²) in [5.41, 5.74) is 1.48. The van der Waals surface area contributed by atoms with Crippen molar-refractivity contribution in [2.75, 3.05) is 6.61 Å². The molecule has 14 nitrogen and oxygen atoms in total. The van der Waals surface area contributed by atoms with Crippen LogP contribution in [0.1, 0.15) is 18.1 Å². The number of hydrogen-bond acceptors (Lipinski definition) is 14. The summed E-state index contributed by atoms with van der Waals surface area (Å²) in [4.78, 5) is 12.3. The third-order valence-electron chi connectivity index (χ3n) is 7.66. The van der Waals surface area contributed by atoms with E-state index in [2.05, 4.69) is 0 Å². The van der Waals surface area contributed by atoms with E-state index in [1.165, 1.54) is 43.3 Å². The van der Waals surface area contributed by atoms with Gasteiger partial charge in [-0.05, 0) is 36.8 Å². The lowest BCUT2D eigenvalue weighted by Gasteiger charge is -2.42. The molecular formula is C29H34O14. The van der Waals surface area contributed by atoms with Gasteiger partial charge in [0.05, 0.1) is 12.7 Å². The van der Waals surface area contributed by atoms with Gasteiger partial charge in [0.15, 0.2) is 6.29 Å². The third-order valence-corrected chi connectivity index (χ3v) is 7.66. The van der Waals surface area contributed by atoms with E-state index in [-0.39, 0.29) is 23.7 Å². The van der Waals surface area contributed by atoms with Crippen molar-refractivity contribution in [2.45, 2.75) is 80.9 Å². The lowest BCUT2D eigenvalue weighted by Crippen LogP contribution is -2.61. The summed E-state index contributed by atoms with van der Waals surface area (Å²) in [6.45, 7) is 0.976. The Balaban J connectivity index is 1.33. The summed E-state index contributed by atoms with van der Waals surface area (Å²) < 4.78 is 28.0. The van der Waals surface area contributed by atoms with Crippen molar-refractivity contribution in [1.82, 2.24) is 0 Å². The van der Waals surface area contributed by atoms with Crippen LogP contribution in [0, 0.1) is 0 Å². The van der Waals surface area contributed by atoms with Gasteiger partial charge in [-0.1, -0.05) is 12.1 Å². The van der Waals surface area contributed by atoms with Gasteiger partial charge >= 0.3 is 5.97 Å². The first-order valence-corrected chi connectivity index (χ1v) is 13.6. The number of phenols is 2. The molecule has 3 aliphatic rings. The van der Waals surface area contributed by atoms with E-state index in [1.54, 1.807) is 12.1 Å². The molecule has 0 radical (unpaired) electrons. The number of esters is 1. The van der Waals surface area contributed by atoms with Crippen molar-refractivity contribution in [3.63, 3.8) is 0 Å². The largest absolute Gasteiger partial charge is 0.508 e. The molecule has 8 N–H and O–H groups in total. The van der Waals surface area contributed by atoms with Crippen LogP contribution in [0.15, 0.2) is 48.5 Å². The molecule has 2 saturated heterocycles. The quantitative estimate of drug-likeness (QED) is 0.163. The molecule has 3 heterocycles. The van der Waals surface area contributed by atoms with Crippen LogP contribution in [-0.4, -0.2) is 121 Å². The molecule has 5 rings (SSSR count). The zero-order chi connectivity index (χ0) is 31.0. The fraction of sp³-hybridized carbons (Fsp3) is 0.483. The van der Waals surface area contributed by atoms with Crippen molar-refractivity contribution < 1.29 is 69.3 Å². The zero-order valence-electron chi connectivity index (χ0n) is 22.9. The van der Waals surface area contributed by atoms with Crippen molar-refractivity contribution >= 4 is 11.5 Å². The number of aliphatic hydroxyl groups excluding tert-OH is 6. The van der Waals surface area contributed by atoms with E-state index in [4.69, 9.17) is 23.7 Å². The molecule has 43 heavy (non-hydrogen) atoms. The Kier molecular flexibility index (Phi) is 9.22. The summed E-state index contributed by atoms with van der Waals surface area (Å²) in [6, 6.07) is 10.4. The number of cyclic esters (lactones) is 1. The van der Waals surface area contributed by atoms with Gasteiger partial charge in [0.2, 0.25) is 6.29 Å². The van der Waals surface area contributed by atoms with Crippen LogP contribution in [0.2, 0.25) is 0 Å². The van der Waals surface area contributed by atoms with Crippen molar-refractivity contribution in [3.8, 4) is 17.2 Å². The second-order valence-corrected chi connectivity index (χ2v) is 10.7. The van der Waals surface area contributed by atoms with E-state index < -0.39 is 80.1 Å². The maximum absolute atomic E-state index is 12.3. The lowest BCUT2D eigenvalue weighted by molar-refractivity contribution is -0.318. The number of hydrogen-bond donors (Lipinski definition) is 8. The summed E-state index contributed by atoms with van der Waals surface area (Å²) in [6.07, 6.45) is -14.2. The minimum atomic E-state index is -1.77. The van der Waals surface area contributed by atoms with Crippen LogP contribution in [-0.2, 0) is 30.2 Å². The van der Waals surface area contributed by atoms with Crippen molar-refractivity contribution in [1.29, 1.82) is 0 Å². The Hall–Kier alpha value is -3.31. The first-order chi connectivity index (χ1) is 20.4. The van der Waals surface area contributed by atoms with Gasteiger partial charge in [-0.2, -0.15) is 0 Å². The molecule has 0 amide bonds. The molecule has 0 aliphatic carbocycles. The Morgan fingerprint density at radius 2 is 1.42 bits per heavy atom. The van der Waals surface area contributed by atoms with Crippen molar-refractivity contribution in [3.05, 3.63) is 59.7 Å². The Morgan fingerprint density at radius 3 is 2.14 bits per heavy atom. The Bertz CT molecular complexity index is 1310. The predicted octanol–water partition coefficient (Wildman–Crippen LogP) is -1.32. The number of carbonyl (C=O) groups is 1. The molecule has 2 fully saturated rings. The first kappa shape index (κ1) is 31.1. The Labute approximate surface area is 245 Å². The van der Waals surface area contributed by atoms with Crippen molar-refractivity contribution in [2.24, 2.45) is 0 Å².